The predicted octanol–water partition coefficient (Wildman–Crippen LogP) is 1.65. The van der Waals surface area contributed by atoms with Crippen molar-refractivity contribution in [1.82, 2.24) is 0 Å². The quantitative estimate of drug-likeness (QED) is 0.482. The van der Waals surface area contributed by atoms with E-state index < -0.39 is 23.0 Å². The van der Waals surface area contributed by atoms with Crippen LogP contribution in [0, 0.1) is 21.4 Å². The van der Waals surface area contributed by atoms with Crippen LogP contribution in [0.4, 0.5) is 20.2 Å². The van der Waals surface area contributed by atoms with E-state index in [1.54, 1.807) is 6.07 Å². The fraction of sp³-hybridized carbons (Fsp3) is 0.125. The number of hydrogen-bond acceptors (Lipinski definition) is 5. The van der Waals surface area contributed by atoms with Gasteiger partial charge in [0.1, 0.15) is 17.5 Å². The van der Waals surface area contributed by atoms with Crippen molar-refractivity contribution in [3.8, 4) is 11.8 Å². The van der Waals surface area contributed by atoms with Gasteiger partial charge in [-0.15, -0.1) is 0 Å². The molecule has 0 amide bonds. The molecule has 0 fully saturated rings. The van der Waals surface area contributed by atoms with Crippen LogP contribution in [0.15, 0.2) is 12.1 Å². The summed E-state index contributed by atoms with van der Waals surface area (Å²) in [6.45, 7) is -3.13. The molecule has 1 rings (SSSR count). The van der Waals surface area contributed by atoms with Crippen molar-refractivity contribution >= 4 is 11.4 Å². The van der Waals surface area contributed by atoms with Gasteiger partial charge in [0.2, 0.25) is 0 Å². The van der Waals surface area contributed by atoms with Crippen molar-refractivity contribution in [2.75, 3.05) is 5.73 Å². The van der Waals surface area contributed by atoms with Crippen LogP contribution in [0.5, 0.6) is 5.75 Å². The van der Waals surface area contributed by atoms with Crippen molar-refractivity contribution in [2.24, 2.45) is 0 Å². The maximum atomic E-state index is 11.9. The van der Waals surface area contributed by atoms with E-state index in [-0.39, 0.29) is 11.3 Å². The molecule has 0 aromatic heterocycles. The lowest BCUT2D eigenvalue weighted by atomic mass is 10.1. The van der Waals surface area contributed by atoms with Crippen LogP contribution >= 0.6 is 0 Å². The summed E-state index contributed by atoms with van der Waals surface area (Å²) in [5.74, 6) is -0.479. The normalized spacial score (nSPS) is 9.88. The zero-order chi connectivity index (χ0) is 12.3. The number of rotatable bonds is 3. The van der Waals surface area contributed by atoms with Crippen molar-refractivity contribution in [3.05, 3.63) is 27.8 Å². The Morgan fingerprint density at radius 3 is 2.62 bits per heavy atom. The predicted molar refractivity (Wildman–Crippen MR) is 48.9 cm³/mol. The number of halogens is 2. The lowest BCUT2D eigenvalue weighted by Crippen LogP contribution is -2.05. The van der Waals surface area contributed by atoms with Crippen molar-refractivity contribution in [3.63, 3.8) is 0 Å². The number of ether oxygens (including phenoxy) is 1. The molecule has 8 heteroatoms. The van der Waals surface area contributed by atoms with Gasteiger partial charge in [-0.05, 0) is 0 Å². The van der Waals surface area contributed by atoms with E-state index in [0.717, 1.165) is 12.1 Å². The van der Waals surface area contributed by atoms with Crippen LogP contribution in [0.1, 0.15) is 5.56 Å². The zero-order valence-electron chi connectivity index (χ0n) is 7.68. The summed E-state index contributed by atoms with van der Waals surface area (Å²) >= 11 is 0. The average Bonchev–Trinajstić information content (AvgIpc) is 2.19. The summed E-state index contributed by atoms with van der Waals surface area (Å²) < 4.78 is 27.7. The van der Waals surface area contributed by atoms with Gasteiger partial charge < -0.3 is 10.5 Å². The topological polar surface area (TPSA) is 102 Å². The maximum absolute atomic E-state index is 11.9. The van der Waals surface area contributed by atoms with Crippen LogP contribution in [-0.2, 0) is 0 Å². The number of nitro benzene ring substituents is 1. The molecule has 0 aliphatic heterocycles. The van der Waals surface area contributed by atoms with Gasteiger partial charge in [0.05, 0.1) is 16.6 Å². The number of hydrogen-bond donors (Lipinski definition) is 1. The van der Waals surface area contributed by atoms with Crippen LogP contribution in [0.3, 0.4) is 0 Å². The van der Waals surface area contributed by atoms with E-state index in [9.17, 15) is 18.9 Å². The number of nitriles is 1. The fourth-order valence-corrected chi connectivity index (χ4v) is 1.03. The molecule has 1 aromatic rings. The number of nitrogen functional groups attached to an aromatic ring is 1. The number of nitrogens with two attached hydrogens (primary N) is 1. The summed E-state index contributed by atoms with van der Waals surface area (Å²) in [4.78, 5) is 9.62. The summed E-state index contributed by atoms with van der Waals surface area (Å²) in [5.41, 5.74) is 3.98. The third kappa shape index (κ3) is 2.33. The molecule has 0 saturated carbocycles. The minimum atomic E-state index is -3.13. The minimum absolute atomic E-state index is 0.287. The van der Waals surface area contributed by atoms with Crippen LogP contribution in [0.2, 0.25) is 0 Å². The van der Waals surface area contributed by atoms with Gasteiger partial charge in [-0.2, -0.15) is 14.0 Å². The zero-order valence-corrected chi connectivity index (χ0v) is 7.68. The first-order valence-corrected chi connectivity index (χ1v) is 3.88. The molecule has 0 atom stereocenters. The molecular formula is C8H5F2N3O3. The highest BCUT2D eigenvalue weighted by atomic mass is 19.3. The third-order valence-corrected chi connectivity index (χ3v) is 1.67. The van der Waals surface area contributed by atoms with Gasteiger partial charge in [-0.25, -0.2) is 0 Å². The Labute approximate surface area is 88.0 Å². The second-order valence-electron chi connectivity index (χ2n) is 2.65. The Morgan fingerprint density at radius 2 is 2.19 bits per heavy atom. The van der Waals surface area contributed by atoms with Crippen LogP contribution < -0.4 is 10.5 Å². The third-order valence-electron chi connectivity index (χ3n) is 1.67. The Balaban J connectivity index is 3.30. The van der Waals surface area contributed by atoms with E-state index in [1.807, 2.05) is 0 Å². The molecule has 0 unspecified atom stereocenters. The highest BCUT2D eigenvalue weighted by molar-refractivity contribution is 5.69. The number of nitrogens with zero attached hydrogens (tertiary/aromatic N) is 2. The standard InChI is InChI=1S/C8H5F2N3O3/c9-8(10)16-5-1-4(3-11)7(12)6(2-5)13(14)15/h1-2,8H,12H2. The minimum Gasteiger partial charge on any atom is -0.435 e. The van der Waals surface area contributed by atoms with Crippen LogP contribution in [0.25, 0.3) is 0 Å². The van der Waals surface area contributed by atoms with Gasteiger partial charge in [0.25, 0.3) is 5.69 Å². The van der Waals surface area contributed by atoms with Crippen LogP contribution in [-0.4, -0.2) is 11.5 Å². The first-order chi connectivity index (χ1) is 7.45. The molecule has 0 heterocycles. The molecule has 0 spiro atoms. The number of benzene rings is 1. The second kappa shape index (κ2) is 4.39. The summed E-state index contributed by atoms with van der Waals surface area (Å²) in [5, 5.41) is 19.1. The summed E-state index contributed by atoms with van der Waals surface area (Å²) in [7, 11) is 0. The van der Waals surface area contributed by atoms with Crippen molar-refractivity contribution in [2.45, 2.75) is 6.61 Å². The number of nitro groups is 1. The van der Waals surface area contributed by atoms with E-state index >= 15 is 0 Å². The van der Waals surface area contributed by atoms with E-state index in [2.05, 4.69) is 4.74 Å². The van der Waals surface area contributed by atoms with Gasteiger partial charge in [0.15, 0.2) is 0 Å². The lowest BCUT2D eigenvalue weighted by Gasteiger charge is -2.06. The van der Waals surface area contributed by atoms with E-state index in [4.69, 9.17) is 11.0 Å². The van der Waals surface area contributed by atoms with Gasteiger partial charge in [-0.1, -0.05) is 0 Å². The highest BCUT2D eigenvalue weighted by Gasteiger charge is 2.19. The first-order valence-electron chi connectivity index (χ1n) is 3.88. The molecule has 0 aliphatic carbocycles. The van der Waals surface area contributed by atoms with E-state index in [1.165, 1.54) is 0 Å². The lowest BCUT2D eigenvalue weighted by molar-refractivity contribution is -0.384. The fourth-order valence-electron chi connectivity index (χ4n) is 1.03. The number of alkyl halides is 2. The average molecular weight is 229 g/mol. The molecule has 84 valence electrons. The molecule has 0 saturated heterocycles. The van der Waals surface area contributed by atoms with Crippen molar-refractivity contribution in [1.29, 1.82) is 5.26 Å². The van der Waals surface area contributed by atoms with Crippen molar-refractivity contribution < 1.29 is 18.4 Å². The van der Waals surface area contributed by atoms with Gasteiger partial charge in [-0.3, -0.25) is 10.1 Å². The van der Waals surface area contributed by atoms with Gasteiger partial charge in [0, 0.05) is 6.07 Å². The largest absolute Gasteiger partial charge is 0.435 e. The number of anilines is 1. The molecule has 0 aliphatic rings. The van der Waals surface area contributed by atoms with Gasteiger partial charge >= 0.3 is 6.61 Å². The van der Waals surface area contributed by atoms with E-state index in [0.29, 0.717) is 0 Å². The summed E-state index contributed by atoms with van der Waals surface area (Å²) in [6, 6.07) is 3.20. The maximum Gasteiger partial charge on any atom is 0.387 e. The Morgan fingerprint density at radius 1 is 1.56 bits per heavy atom. The molecule has 1 aromatic carbocycles. The Hall–Kier alpha value is -2.43. The SMILES string of the molecule is N#Cc1cc(OC(F)F)cc([N+](=O)[O-])c1N. The molecular weight excluding hydrogens is 224 g/mol. The highest BCUT2D eigenvalue weighted by Crippen LogP contribution is 2.31. The molecule has 16 heavy (non-hydrogen) atoms. The summed E-state index contributed by atoms with van der Waals surface area (Å²) in [6.07, 6.45) is 0. The first kappa shape index (κ1) is 11.6. The smallest absolute Gasteiger partial charge is 0.387 e. The monoisotopic (exact) mass is 229 g/mol. The Bertz CT molecular complexity index is 470. The molecule has 2 N–H and O–H groups in total. The molecule has 0 radical (unpaired) electrons. The Kier molecular flexibility index (Phi) is 3.20. The molecule has 0 bridgehead atoms. The second-order valence-corrected chi connectivity index (χ2v) is 2.65. The molecule has 6 nitrogen and oxygen atoms in total.